The molecule has 4 heteroatoms. The molecule has 1 saturated carbocycles. The van der Waals surface area contributed by atoms with E-state index in [2.05, 4.69) is 18.7 Å². The van der Waals surface area contributed by atoms with Crippen LogP contribution in [0.25, 0.3) is 0 Å². The summed E-state index contributed by atoms with van der Waals surface area (Å²) < 4.78 is 0. The lowest BCUT2D eigenvalue weighted by atomic mass is 10.1. The van der Waals surface area contributed by atoms with Gasteiger partial charge in [0.2, 0.25) is 5.91 Å². The molecule has 4 nitrogen and oxygen atoms in total. The monoisotopic (exact) mass is 239 g/mol. The van der Waals surface area contributed by atoms with Crippen molar-refractivity contribution in [3.05, 3.63) is 0 Å². The van der Waals surface area contributed by atoms with Gasteiger partial charge in [0.1, 0.15) is 0 Å². The molecular weight excluding hydrogens is 214 g/mol. The average Bonchev–Trinajstić information content (AvgIpc) is 3.06. The summed E-state index contributed by atoms with van der Waals surface area (Å²) in [4.78, 5) is 16.5. The molecule has 0 spiro atoms. The fourth-order valence-electron chi connectivity index (χ4n) is 2.90. The van der Waals surface area contributed by atoms with E-state index in [9.17, 15) is 4.79 Å². The van der Waals surface area contributed by atoms with E-state index in [1.165, 1.54) is 12.8 Å². The smallest absolute Gasteiger partial charge is 0.236 e. The van der Waals surface area contributed by atoms with Crippen LogP contribution in [0.5, 0.6) is 0 Å². The molecule has 0 bridgehead atoms. The van der Waals surface area contributed by atoms with Gasteiger partial charge in [-0.1, -0.05) is 0 Å². The van der Waals surface area contributed by atoms with Gasteiger partial charge in [-0.2, -0.15) is 0 Å². The van der Waals surface area contributed by atoms with Crippen LogP contribution in [-0.2, 0) is 4.79 Å². The summed E-state index contributed by atoms with van der Waals surface area (Å²) >= 11 is 0. The van der Waals surface area contributed by atoms with E-state index in [1.807, 2.05) is 4.90 Å². The van der Waals surface area contributed by atoms with Crippen LogP contribution in [0, 0.1) is 5.92 Å². The van der Waals surface area contributed by atoms with Crippen molar-refractivity contribution in [2.45, 2.75) is 45.2 Å². The molecule has 1 saturated heterocycles. The van der Waals surface area contributed by atoms with Crippen molar-refractivity contribution < 1.29 is 4.79 Å². The molecule has 17 heavy (non-hydrogen) atoms. The number of hydrogen-bond donors (Lipinski definition) is 1. The van der Waals surface area contributed by atoms with Crippen molar-refractivity contribution >= 4 is 5.91 Å². The lowest BCUT2D eigenvalue weighted by Crippen LogP contribution is -2.42. The van der Waals surface area contributed by atoms with Gasteiger partial charge in [0.15, 0.2) is 0 Å². The normalized spacial score (nSPS) is 29.6. The van der Waals surface area contributed by atoms with Gasteiger partial charge in [0.05, 0.1) is 6.54 Å². The first-order chi connectivity index (χ1) is 8.15. The molecule has 2 rings (SSSR count). The van der Waals surface area contributed by atoms with Crippen LogP contribution < -0.4 is 5.73 Å². The third-order valence-electron chi connectivity index (χ3n) is 4.11. The Morgan fingerprint density at radius 3 is 2.65 bits per heavy atom. The largest absolute Gasteiger partial charge is 0.339 e. The first kappa shape index (κ1) is 12.8. The molecule has 1 amide bonds. The highest BCUT2D eigenvalue weighted by Crippen LogP contribution is 2.27. The third-order valence-corrected chi connectivity index (χ3v) is 4.11. The van der Waals surface area contributed by atoms with Crippen LogP contribution in [0.15, 0.2) is 0 Å². The van der Waals surface area contributed by atoms with Crippen LogP contribution in [0.4, 0.5) is 0 Å². The van der Waals surface area contributed by atoms with Gasteiger partial charge < -0.3 is 10.6 Å². The van der Waals surface area contributed by atoms with Crippen molar-refractivity contribution in [2.75, 3.05) is 26.2 Å². The molecule has 2 aliphatic rings. The lowest BCUT2D eigenvalue weighted by molar-refractivity contribution is -0.133. The van der Waals surface area contributed by atoms with Gasteiger partial charge in [-0.05, 0) is 45.6 Å². The molecule has 2 atom stereocenters. The molecule has 0 aromatic heterocycles. The lowest BCUT2D eigenvalue weighted by Gasteiger charge is -2.26. The zero-order chi connectivity index (χ0) is 12.4. The summed E-state index contributed by atoms with van der Waals surface area (Å²) in [5.74, 6) is 0.883. The number of nitrogens with two attached hydrogens (primary N) is 1. The van der Waals surface area contributed by atoms with Crippen molar-refractivity contribution in [1.82, 2.24) is 9.80 Å². The van der Waals surface area contributed by atoms with Gasteiger partial charge in [-0.25, -0.2) is 0 Å². The fourth-order valence-corrected chi connectivity index (χ4v) is 2.90. The van der Waals surface area contributed by atoms with Crippen LogP contribution in [0.2, 0.25) is 0 Å². The summed E-state index contributed by atoms with van der Waals surface area (Å²) in [7, 11) is 0. The van der Waals surface area contributed by atoms with E-state index in [1.54, 1.807) is 0 Å². The van der Waals surface area contributed by atoms with Crippen molar-refractivity contribution in [2.24, 2.45) is 11.7 Å². The van der Waals surface area contributed by atoms with Gasteiger partial charge in [0, 0.05) is 25.2 Å². The van der Waals surface area contributed by atoms with Crippen LogP contribution in [-0.4, -0.2) is 54.0 Å². The maximum Gasteiger partial charge on any atom is 0.236 e. The van der Waals surface area contributed by atoms with E-state index in [4.69, 9.17) is 5.73 Å². The highest BCUT2D eigenvalue weighted by Gasteiger charge is 2.34. The zero-order valence-electron chi connectivity index (χ0n) is 11.1. The highest BCUT2D eigenvalue weighted by molar-refractivity contribution is 5.79. The molecule has 98 valence electrons. The Morgan fingerprint density at radius 2 is 2.18 bits per heavy atom. The first-order valence-electron chi connectivity index (χ1n) is 6.89. The molecule has 2 unspecified atom stereocenters. The number of nitrogens with zero attached hydrogens (tertiary/aromatic N) is 2. The zero-order valence-corrected chi connectivity index (χ0v) is 11.1. The Bertz CT molecular complexity index is 278. The fraction of sp³-hybridized carbons (Fsp3) is 0.923. The molecule has 2 fully saturated rings. The Kier molecular flexibility index (Phi) is 4.05. The van der Waals surface area contributed by atoms with Gasteiger partial charge in [-0.15, -0.1) is 0 Å². The van der Waals surface area contributed by atoms with Crippen molar-refractivity contribution in [3.63, 3.8) is 0 Å². The maximum atomic E-state index is 12.2. The summed E-state index contributed by atoms with van der Waals surface area (Å²) in [5.41, 5.74) is 5.71. The van der Waals surface area contributed by atoms with Gasteiger partial charge >= 0.3 is 0 Å². The van der Waals surface area contributed by atoms with Gasteiger partial charge in [-0.3, -0.25) is 9.69 Å². The van der Waals surface area contributed by atoms with Gasteiger partial charge in [0.25, 0.3) is 0 Å². The topological polar surface area (TPSA) is 49.6 Å². The molecular formula is C13H25N3O. The van der Waals surface area contributed by atoms with Crippen molar-refractivity contribution in [3.8, 4) is 0 Å². The Morgan fingerprint density at radius 1 is 1.47 bits per heavy atom. The minimum Gasteiger partial charge on any atom is -0.339 e. The molecule has 0 radical (unpaired) electrons. The number of amides is 1. The van der Waals surface area contributed by atoms with Crippen LogP contribution in [0.1, 0.15) is 33.1 Å². The average molecular weight is 239 g/mol. The Balaban J connectivity index is 1.85. The third kappa shape index (κ3) is 2.99. The maximum absolute atomic E-state index is 12.2. The number of likely N-dealkylation sites (N-methyl/N-ethyl adjacent to an activating group) is 1. The first-order valence-corrected chi connectivity index (χ1v) is 6.89. The SMILES string of the molecule is CCN(C(=O)CN1CC(CN)CC1C)C1CC1. The van der Waals surface area contributed by atoms with E-state index < -0.39 is 0 Å². The molecule has 0 aromatic carbocycles. The van der Waals surface area contributed by atoms with Crippen molar-refractivity contribution in [1.29, 1.82) is 0 Å². The summed E-state index contributed by atoms with van der Waals surface area (Å²) in [5, 5.41) is 0. The Labute approximate surface area is 104 Å². The van der Waals surface area contributed by atoms with E-state index >= 15 is 0 Å². The summed E-state index contributed by atoms with van der Waals surface area (Å²) in [6.45, 7) is 7.46. The van der Waals surface area contributed by atoms with E-state index in [0.29, 0.717) is 30.5 Å². The highest BCUT2D eigenvalue weighted by atomic mass is 16.2. The predicted octanol–water partition coefficient (Wildman–Crippen LogP) is 0.666. The summed E-state index contributed by atoms with van der Waals surface area (Å²) in [6, 6.07) is 1.04. The molecule has 1 aliphatic heterocycles. The number of carbonyl (C=O) groups is 1. The van der Waals surface area contributed by atoms with Crippen LogP contribution >= 0.6 is 0 Å². The minimum atomic E-state index is 0.305. The van der Waals surface area contributed by atoms with E-state index in [0.717, 1.165) is 26.1 Å². The second-order valence-corrected chi connectivity index (χ2v) is 5.53. The number of rotatable bonds is 5. The molecule has 1 heterocycles. The number of likely N-dealkylation sites (tertiary alicyclic amines) is 1. The second-order valence-electron chi connectivity index (χ2n) is 5.53. The number of carbonyl (C=O) groups excluding carboxylic acids is 1. The molecule has 2 N–H and O–H groups in total. The molecule has 0 aromatic rings. The quantitative estimate of drug-likeness (QED) is 0.767. The summed E-state index contributed by atoms with van der Waals surface area (Å²) in [6.07, 6.45) is 3.53. The second kappa shape index (κ2) is 5.36. The predicted molar refractivity (Wildman–Crippen MR) is 68.6 cm³/mol. The van der Waals surface area contributed by atoms with E-state index in [-0.39, 0.29) is 0 Å². The number of hydrogen-bond acceptors (Lipinski definition) is 3. The molecule has 1 aliphatic carbocycles. The Hall–Kier alpha value is -0.610. The minimum absolute atomic E-state index is 0.305. The van der Waals surface area contributed by atoms with Crippen LogP contribution in [0.3, 0.4) is 0 Å². The standard InChI is InChI=1S/C13H25N3O/c1-3-16(12-4-5-12)13(17)9-15-8-11(7-14)6-10(15)2/h10-12H,3-9,14H2,1-2H3.